The molecule has 7 heteroatoms. The fourth-order valence-electron chi connectivity index (χ4n) is 4.57. The number of nitrogens with one attached hydrogen (secondary N) is 1. The van der Waals surface area contributed by atoms with Crippen molar-refractivity contribution in [3.63, 3.8) is 0 Å². The van der Waals surface area contributed by atoms with Crippen LogP contribution in [0.2, 0.25) is 0 Å². The zero-order valence-corrected chi connectivity index (χ0v) is 18.8. The second-order valence-corrected chi connectivity index (χ2v) is 8.65. The first-order valence-corrected chi connectivity index (χ1v) is 11.4. The lowest BCUT2D eigenvalue weighted by Gasteiger charge is -2.32. The standard InChI is InChI=1S/C26H30F2N4O/c1-33-25-11-10-24-26(32-25)19(12-14-31-24)16-23(29)17-4-7-21(8-5-17)30-13-2-3-18-15-20(27)6-9-22(18)28/h2-3,6,9-12,14-15,17,21,23,30H,4-5,7-8,13,16,29H2,1H3/t17?,21?,23-/m0/s1. The highest BCUT2D eigenvalue weighted by Gasteiger charge is 2.26. The molecule has 4 rings (SSSR count). The Morgan fingerprint density at radius 2 is 1.97 bits per heavy atom. The number of hydrogen-bond acceptors (Lipinski definition) is 5. The highest BCUT2D eigenvalue weighted by molar-refractivity contribution is 5.78. The second-order valence-electron chi connectivity index (χ2n) is 8.65. The predicted octanol–water partition coefficient (Wildman–Crippen LogP) is 4.65. The molecule has 174 valence electrons. The van der Waals surface area contributed by atoms with Crippen LogP contribution in [0.5, 0.6) is 5.88 Å². The summed E-state index contributed by atoms with van der Waals surface area (Å²) in [4.78, 5) is 8.98. The van der Waals surface area contributed by atoms with E-state index in [1.54, 1.807) is 13.2 Å². The zero-order chi connectivity index (χ0) is 23.2. The van der Waals surface area contributed by atoms with Gasteiger partial charge in [0.25, 0.3) is 0 Å². The maximum Gasteiger partial charge on any atom is 0.213 e. The number of nitrogens with zero attached hydrogens (tertiary/aromatic N) is 2. The third-order valence-electron chi connectivity index (χ3n) is 6.46. The number of ether oxygens (including phenoxy) is 1. The fourth-order valence-corrected chi connectivity index (χ4v) is 4.57. The molecule has 0 radical (unpaired) electrons. The molecule has 3 aromatic rings. The first kappa shape index (κ1) is 23.3. The molecular weight excluding hydrogens is 422 g/mol. The maximum absolute atomic E-state index is 13.7. The van der Waals surface area contributed by atoms with Gasteiger partial charge in [-0.2, -0.15) is 0 Å². The normalized spacial score (nSPS) is 19.8. The van der Waals surface area contributed by atoms with Crippen LogP contribution in [-0.2, 0) is 6.42 Å². The van der Waals surface area contributed by atoms with Gasteiger partial charge in [-0.15, -0.1) is 0 Å². The highest BCUT2D eigenvalue weighted by Crippen LogP contribution is 2.29. The van der Waals surface area contributed by atoms with Crippen LogP contribution in [0, 0.1) is 17.6 Å². The number of pyridine rings is 2. The van der Waals surface area contributed by atoms with E-state index in [-0.39, 0.29) is 11.6 Å². The van der Waals surface area contributed by atoms with E-state index in [2.05, 4.69) is 15.3 Å². The molecule has 1 aromatic carbocycles. The number of methoxy groups -OCH3 is 1. The number of benzene rings is 1. The lowest BCUT2D eigenvalue weighted by Crippen LogP contribution is -2.39. The van der Waals surface area contributed by atoms with E-state index in [1.165, 1.54) is 6.07 Å². The van der Waals surface area contributed by atoms with Crippen LogP contribution in [0.15, 0.2) is 48.7 Å². The van der Waals surface area contributed by atoms with Crippen molar-refractivity contribution in [2.75, 3.05) is 13.7 Å². The minimum Gasteiger partial charge on any atom is -0.481 e. The molecule has 1 atom stereocenters. The summed E-state index contributed by atoms with van der Waals surface area (Å²) in [6, 6.07) is 9.67. The van der Waals surface area contributed by atoms with E-state index < -0.39 is 11.6 Å². The van der Waals surface area contributed by atoms with E-state index in [4.69, 9.17) is 10.5 Å². The van der Waals surface area contributed by atoms with Crippen LogP contribution in [0.4, 0.5) is 8.78 Å². The van der Waals surface area contributed by atoms with Gasteiger partial charge in [0.05, 0.1) is 18.1 Å². The molecule has 33 heavy (non-hydrogen) atoms. The van der Waals surface area contributed by atoms with E-state index in [0.29, 0.717) is 24.4 Å². The van der Waals surface area contributed by atoms with Crippen LogP contribution in [0.25, 0.3) is 17.1 Å². The number of rotatable bonds is 8. The quantitative estimate of drug-likeness (QED) is 0.521. The molecular formula is C26H30F2N4O. The van der Waals surface area contributed by atoms with Gasteiger partial charge < -0.3 is 15.8 Å². The van der Waals surface area contributed by atoms with Gasteiger partial charge in [-0.05, 0) is 73.9 Å². The molecule has 0 bridgehead atoms. The lowest BCUT2D eigenvalue weighted by atomic mass is 9.80. The SMILES string of the molecule is COc1ccc2nccc(C[C@H](N)C3CCC(NCC=Cc4cc(F)ccc4F)CC3)c2n1. The van der Waals surface area contributed by atoms with Crippen LogP contribution in [0.3, 0.4) is 0 Å². The van der Waals surface area contributed by atoms with Gasteiger partial charge >= 0.3 is 0 Å². The van der Waals surface area contributed by atoms with Crippen molar-refractivity contribution >= 4 is 17.1 Å². The van der Waals surface area contributed by atoms with Gasteiger partial charge in [-0.3, -0.25) is 4.98 Å². The van der Waals surface area contributed by atoms with Gasteiger partial charge in [-0.1, -0.05) is 12.2 Å². The number of hydrogen-bond donors (Lipinski definition) is 2. The molecule has 0 aliphatic heterocycles. The van der Waals surface area contributed by atoms with Gasteiger partial charge in [0, 0.05) is 36.5 Å². The largest absolute Gasteiger partial charge is 0.481 e. The van der Waals surface area contributed by atoms with E-state index in [1.807, 2.05) is 30.5 Å². The van der Waals surface area contributed by atoms with Crippen molar-refractivity contribution in [1.29, 1.82) is 0 Å². The molecule has 2 aromatic heterocycles. The Hall–Kier alpha value is -2.90. The van der Waals surface area contributed by atoms with Gasteiger partial charge in [0.2, 0.25) is 5.88 Å². The van der Waals surface area contributed by atoms with E-state index >= 15 is 0 Å². The van der Waals surface area contributed by atoms with E-state index in [9.17, 15) is 8.78 Å². The summed E-state index contributed by atoms with van der Waals surface area (Å²) in [5.74, 6) is 0.172. The molecule has 3 N–H and O–H groups in total. The number of halogens is 2. The summed E-state index contributed by atoms with van der Waals surface area (Å²) in [5.41, 5.74) is 9.69. The van der Waals surface area contributed by atoms with Crippen molar-refractivity contribution in [3.05, 3.63) is 71.4 Å². The van der Waals surface area contributed by atoms with Crippen molar-refractivity contribution in [1.82, 2.24) is 15.3 Å². The minimum atomic E-state index is -0.437. The first-order chi connectivity index (χ1) is 16.0. The van der Waals surface area contributed by atoms with Crippen LogP contribution in [-0.4, -0.2) is 35.7 Å². The highest BCUT2D eigenvalue weighted by atomic mass is 19.1. The van der Waals surface area contributed by atoms with Gasteiger partial charge in [0.15, 0.2) is 0 Å². The van der Waals surface area contributed by atoms with Gasteiger partial charge in [-0.25, -0.2) is 13.8 Å². The topological polar surface area (TPSA) is 73.1 Å². The third kappa shape index (κ3) is 5.92. The van der Waals surface area contributed by atoms with Crippen molar-refractivity contribution in [3.8, 4) is 5.88 Å². The monoisotopic (exact) mass is 452 g/mol. The van der Waals surface area contributed by atoms with Crippen molar-refractivity contribution in [2.45, 2.75) is 44.2 Å². The van der Waals surface area contributed by atoms with Crippen LogP contribution in [0.1, 0.15) is 36.8 Å². The number of fused-ring (bicyclic) bond motifs is 1. The summed E-state index contributed by atoms with van der Waals surface area (Å²) in [6.45, 7) is 0.619. The fraction of sp³-hybridized carbons (Fsp3) is 0.385. The summed E-state index contributed by atoms with van der Waals surface area (Å²) in [5, 5.41) is 3.50. The molecule has 1 saturated carbocycles. The Bertz CT molecular complexity index is 1110. The molecule has 2 heterocycles. The minimum absolute atomic E-state index is 0.0559. The Morgan fingerprint density at radius 1 is 1.15 bits per heavy atom. The third-order valence-corrected chi connectivity index (χ3v) is 6.46. The molecule has 1 fully saturated rings. The van der Waals surface area contributed by atoms with Crippen LogP contribution < -0.4 is 15.8 Å². The number of aromatic nitrogens is 2. The Morgan fingerprint density at radius 3 is 2.76 bits per heavy atom. The zero-order valence-electron chi connectivity index (χ0n) is 18.8. The summed E-state index contributed by atoms with van der Waals surface area (Å²) < 4.78 is 32.2. The second kappa shape index (κ2) is 10.8. The molecule has 0 amide bonds. The summed E-state index contributed by atoms with van der Waals surface area (Å²) in [6.07, 6.45) is 10.2. The van der Waals surface area contributed by atoms with E-state index in [0.717, 1.165) is 60.8 Å². The lowest BCUT2D eigenvalue weighted by molar-refractivity contribution is 0.261. The summed E-state index contributed by atoms with van der Waals surface area (Å²) >= 11 is 0. The predicted molar refractivity (Wildman–Crippen MR) is 127 cm³/mol. The Balaban J connectivity index is 1.27. The summed E-state index contributed by atoms with van der Waals surface area (Å²) in [7, 11) is 1.61. The maximum atomic E-state index is 13.7. The van der Waals surface area contributed by atoms with Gasteiger partial charge in [0.1, 0.15) is 11.6 Å². The molecule has 1 aliphatic carbocycles. The van der Waals surface area contributed by atoms with Crippen molar-refractivity contribution in [2.24, 2.45) is 11.7 Å². The van der Waals surface area contributed by atoms with Crippen LogP contribution >= 0.6 is 0 Å². The first-order valence-electron chi connectivity index (χ1n) is 11.4. The average Bonchev–Trinajstić information content (AvgIpc) is 2.84. The molecule has 5 nitrogen and oxygen atoms in total. The molecule has 0 unspecified atom stereocenters. The molecule has 1 aliphatic rings. The average molecular weight is 453 g/mol. The Kier molecular flexibility index (Phi) is 7.62. The molecule has 0 spiro atoms. The molecule has 0 saturated heterocycles. The number of nitrogens with two attached hydrogens (primary N) is 1. The smallest absolute Gasteiger partial charge is 0.213 e. The van der Waals surface area contributed by atoms with Crippen molar-refractivity contribution < 1.29 is 13.5 Å². The Labute approximate surface area is 193 Å².